The van der Waals surface area contributed by atoms with Crippen molar-refractivity contribution in [2.45, 2.75) is 13.1 Å². The van der Waals surface area contributed by atoms with Crippen molar-refractivity contribution in [1.82, 2.24) is 15.0 Å². The van der Waals surface area contributed by atoms with Crippen molar-refractivity contribution in [3.8, 4) is 0 Å². The van der Waals surface area contributed by atoms with E-state index in [1.54, 1.807) is 12.3 Å². The van der Waals surface area contributed by atoms with Gasteiger partial charge in [-0.05, 0) is 52.9 Å². The number of benzene rings is 2. The molecular weight excluding hydrogens is 350 g/mol. The molecule has 0 atom stereocenters. The van der Waals surface area contributed by atoms with E-state index in [0.717, 1.165) is 16.9 Å². The highest BCUT2D eigenvalue weighted by Crippen LogP contribution is 2.16. The number of hydrogen-bond donors (Lipinski definition) is 5. The molecule has 0 amide bonds. The molecule has 2 heterocycles. The van der Waals surface area contributed by atoms with Crippen LogP contribution in [0.4, 0.5) is 17.5 Å². The molecule has 28 heavy (non-hydrogen) atoms. The fraction of sp³-hybridized carbons (Fsp3) is 0.0952. The van der Waals surface area contributed by atoms with E-state index in [1.165, 1.54) is 17.2 Å². The summed E-state index contributed by atoms with van der Waals surface area (Å²) in [7, 11) is 0. The zero-order valence-corrected chi connectivity index (χ0v) is 15.2. The minimum atomic E-state index is 0.541. The lowest BCUT2D eigenvalue weighted by atomic mass is 10.1. The van der Waals surface area contributed by atoms with Crippen LogP contribution in [-0.2, 0) is 13.1 Å². The van der Waals surface area contributed by atoms with Crippen molar-refractivity contribution in [1.29, 1.82) is 5.41 Å². The number of aromatic amines is 1. The minimum Gasteiger partial charge on any atom is -0.398 e. The Labute approximate surface area is 162 Å². The molecule has 0 fully saturated rings. The zero-order chi connectivity index (χ0) is 19.3. The third-order valence-electron chi connectivity index (χ3n) is 4.50. The Morgan fingerprint density at radius 1 is 1.00 bits per heavy atom. The molecule has 7 nitrogen and oxygen atoms in total. The lowest BCUT2D eigenvalue weighted by molar-refractivity contribution is 1.03. The first kappa shape index (κ1) is 17.5. The van der Waals surface area contributed by atoms with Crippen molar-refractivity contribution >= 4 is 34.6 Å². The van der Waals surface area contributed by atoms with Crippen LogP contribution in [0.5, 0.6) is 0 Å². The molecule has 0 radical (unpaired) electrons. The van der Waals surface area contributed by atoms with Crippen LogP contribution in [0.15, 0.2) is 60.9 Å². The van der Waals surface area contributed by atoms with Crippen LogP contribution < -0.4 is 16.4 Å². The standard InChI is InChI=1S/C21H21N7/c22-11-17-10-14(1-3-18(17)23)13-27-21-25-8-6-20(28-21)26-12-15-2-4-19-16(9-15)5-7-24-19/h1-11,22,24H,12-13,23H2,(H2,25,26,27,28). The van der Waals surface area contributed by atoms with E-state index in [1.807, 2.05) is 24.4 Å². The van der Waals surface area contributed by atoms with Crippen molar-refractivity contribution in [2.24, 2.45) is 0 Å². The number of nitrogens with one attached hydrogen (secondary N) is 4. The lowest BCUT2D eigenvalue weighted by Crippen LogP contribution is -2.07. The number of anilines is 3. The summed E-state index contributed by atoms with van der Waals surface area (Å²) in [5, 5.41) is 15.1. The van der Waals surface area contributed by atoms with Crippen LogP contribution >= 0.6 is 0 Å². The zero-order valence-electron chi connectivity index (χ0n) is 15.2. The molecule has 2 aromatic carbocycles. The van der Waals surface area contributed by atoms with Gasteiger partial charge in [0.25, 0.3) is 0 Å². The molecule has 0 saturated carbocycles. The smallest absolute Gasteiger partial charge is 0.224 e. The van der Waals surface area contributed by atoms with Crippen molar-refractivity contribution < 1.29 is 0 Å². The van der Waals surface area contributed by atoms with Gasteiger partial charge in [0.1, 0.15) is 5.82 Å². The predicted octanol–water partition coefficient (Wildman–Crippen LogP) is 3.76. The van der Waals surface area contributed by atoms with Gasteiger partial charge in [0.15, 0.2) is 0 Å². The van der Waals surface area contributed by atoms with Gasteiger partial charge >= 0.3 is 0 Å². The first-order valence-electron chi connectivity index (χ1n) is 8.97. The van der Waals surface area contributed by atoms with Crippen LogP contribution in [0.1, 0.15) is 16.7 Å². The molecule has 4 aromatic rings. The van der Waals surface area contributed by atoms with Crippen molar-refractivity contribution in [3.63, 3.8) is 0 Å². The highest BCUT2D eigenvalue weighted by molar-refractivity contribution is 5.85. The molecular formula is C21H21N7. The largest absolute Gasteiger partial charge is 0.398 e. The molecule has 0 aliphatic carbocycles. The molecule has 7 heteroatoms. The Bertz CT molecular complexity index is 1120. The monoisotopic (exact) mass is 371 g/mol. The highest BCUT2D eigenvalue weighted by Gasteiger charge is 2.03. The first-order chi connectivity index (χ1) is 13.7. The third kappa shape index (κ3) is 3.93. The first-order valence-corrected chi connectivity index (χ1v) is 8.97. The predicted molar refractivity (Wildman–Crippen MR) is 114 cm³/mol. The van der Waals surface area contributed by atoms with Gasteiger partial charge in [-0.25, -0.2) is 4.98 Å². The summed E-state index contributed by atoms with van der Waals surface area (Å²) < 4.78 is 0. The maximum atomic E-state index is 7.40. The van der Waals surface area contributed by atoms with E-state index in [4.69, 9.17) is 11.1 Å². The van der Waals surface area contributed by atoms with Gasteiger partial charge in [-0.3, -0.25) is 0 Å². The Morgan fingerprint density at radius 2 is 1.82 bits per heavy atom. The number of nitrogen functional groups attached to an aromatic ring is 1. The number of fused-ring (bicyclic) bond motifs is 1. The Morgan fingerprint density at radius 3 is 2.71 bits per heavy atom. The molecule has 6 N–H and O–H groups in total. The van der Waals surface area contributed by atoms with Crippen LogP contribution in [-0.4, -0.2) is 21.2 Å². The van der Waals surface area contributed by atoms with Gasteiger partial charge in [0.2, 0.25) is 5.95 Å². The molecule has 0 aliphatic heterocycles. The highest BCUT2D eigenvalue weighted by atomic mass is 15.1. The van der Waals surface area contributed by atoms with Crippen LogP contribution in [0.3, 0.4) is 0 Å². The summed E-state index contributed by atoms with van der Waals surface area (Å²) in [6, 6.07) is 15.8. The fourth-order valence-electron chi connectivity index (χ4n) is 2.99. The number of nitrogens with zero attached hydrogens (tertiary/aromatic N) is 2. The maximum Gasteiger partial charge on any atom is 0.224 e. The second-order valence-corrected chi connectivity index (χ2v) is 6.48. The number of aromatic nitrogens is 3. The number of hydrogen-bond acceptors (Lipinski definition) is 6. The average molecular weight is 371 g/mol. The van der Waals surface area contributed by atoms with Gasteiger partial charge in [-0.2, -0.15) is 4.98 Å². The van der Waals surface area contributed by atoms with Gasteiger partial charge in [-0.15, -0.1) is 0 Å². The van der Waals surface area contributed by atoms with Gasteiger partial charge < -0.3 is 26.8 Å². The van der Waals surface area contributed by atoms with Crippen molar-refractivity contribution in [3.05, 3.63) is 77.6 Å². The van der Waals surface area contributed by atoms with Gasteiger partial charge in [0, 0.05) is 48.5 Å². The molecule has 0 unspecified atom stereocenters. The Balaban J connectivity index is 1.39. The molecule has 4 rings (SSSR count). The topological polar surface area (TPSA) is 116 Å². The number of rotatable bonds is 7. The molecule has 0 bridgehead atoms. The second kappa shape index (κ2) is 7.79. The lowest BCUT2D eigenvalue weighted by Gasteiger charge is -2.10. The van der Waals surface area contributed by atoms with E-state index in [-0.39, 0.29) is 0 Å². The van der Waals surface area contributed by atoms with E-state index in [2.05, 4.69) is 49.9 Å². The van der Waals surface area contributed by atoms with Crippen LogP contribution in [0, 0.1) is 5.41 Å². The van der Waals surface area contributed by atoms with E-state index in [0.29, 0.717) is 30.3 Å². The molecule has 0 saturated heterocycles. The fourth-order valence-corrected chi connectivity index (χ4v) is 2.99. The molecule has 0 aliphatic rings. The normalized spacial score (nSPS) is 10.7. The summed E-state index contributed by atoms with van der Waals surface area (Å²) in [5.41, 5.74) is 10.4. The maximum absolute atomic E-state index is 7.40. The number of nitrogens with two attached hydrogens (primary N) is 1. The summed E-state index contributed by atoms with van der Waals surface area (Å²) in [5.74, 6) is 1.29. The van der Waals surface area contributed by atoms with Crippen molar-refractivity contribution in [2.75, 3.05) is 16.4 Å². The SMILES string of the molecule is N=Cc1cc(CNc2nccc(NCc3ccc4[nH]ccc4c3)n2)ccc1N. The second-order valence-electron chi connectivity index (χ2n) is 6.48. The molecule has 2 aromatic heterocycles. The summed E-state index contributed by atoms with van der Waals surface area (Å²) >= 11 is 0. The van der Waals surface area contributed by atoms with E-state index < -0.39 is 0 Å². The molecule has 0 spiro atoms. The Kier molecular flexibility index (Phi) is 4.88. The minimum absolute atomic E-state index is 0.541. The molecule has 140 valence electrons. The summed E-state index contributed by atoms with van der Waals surface area (Å²) in [4.78, 5) is 12.0. The summed E-state index contributed by atoms with van der Waals surface area (Å²) in [6.45, 7) is 1.23. The van der Waals surface area contributed by atoms with Gasteiger partial charge in [-0.1, -0.05) is 12.1 Å². The van der Waals surface area contributed by atoms with Crippen LogP contribution in [0.2, 0.25) is 0 Å². The van der Waals surface area contributed by atoms with Crippen LogP contribution in [0.25, 0.3) is 10.9 Å². The van der Waals surface area contributed by atoms with E-state index in [9.17, 15) is 0 Å². The quantitative estimate of drug-likeness (QED) is 0.251. The average Bonchev–Trinajstić information content (AvgIpc) is 3.20. The Hall–Kier alpha value is -3.87. The van der Waals surface area contributed by atoms with E-state index >= 15 is 0 Å². The summed E-state index contributed by atoms with van der Waals surface area (Å²) in [6.07, 6.45) is 4.92. The number of H-pyrrole nitrogens is 1. The van der Waals surface area contributed by atoms with Gasteiger partial charge in [0.05, 0.1) is 0 Å². The third-order valence-corrected chi connectivity index (χ3v) is 4.50.